The van der Waals surface area contributed by atoms with Crippen LogP contribution < -0.4 is 11.1 Å². The fraction of sp³-hybridized carbons (Fsp3) is 0.500. The molecule has 0 aliphatic carbocycles. The third kappa shape index (κ3) is 4.28. The number of aliphatic hydroxyl groups excluding tert-OH is 2. The van der Waals surface area contributed by atoms with Crippen molar-refractivity contribution in [2.75, 3.05) is 18.9 Å². The lowest BCUT2D eigenvalue weighted by atomic mass is 9.90. The molecule has 10 nitrogen and oxygen atoms in total. The third-order valence-corrected chi connectivity index (χ3v) is 4.78. The minimum absolute atomic E-state index is 0.0217. The van der Waals surface area contributed by atoms with Crippen molar-refractivity contribution in [1.29, 1.82) is 0 Å². The van der Waals surface area contributed by atoms with Crippen molar-refractivity contribution in [2.24, 2.45) is 5.41 Å². The SMILES string of the molecule is CC(C)(C)C(=O)C(=O)NCC#Cc1cn([C@H]2CC(O)[C@@H](CO)O2)c2ncnc(N)c12. The first-order chi connectivity index (χ1) is 14.1. The number of amides is 1. The minimum Gasteiger partial charge on any atom is -0.394 e. The molecule has 3 atom stereocenters. The van der Waals surface area contributed by atoms with Crippen molar-refractivity contribution in [3.05, 3.63) is 18.1 Å². The van der Waals surface area contributed by atoms with Crippen LogP contribution in [0.2, 0.25) is 0 Å². The van der Waals surface area contributed by atoms with Gasteiger partial charge in [-0.2, -0.15) is 0 Å². The lowest BCUT2D eigenvalue weighted by molar-refractivity contribution is -0.142. The molecule has 1 saturated heterocycles. The molecule has 0 spiro atoms. The minimum atomic E-state index is -0.804. The molecule has 2 aromatic rings. The fourth-order valence-corrected chi connectivity index (χ4v) is 3.16. The number of carbonyl (C=O) groups excluding carboxylic acids is 2. The van der Waals surface area contributed by atoms with E-state index in [4.69, 9.17) is 10.5 Å². The maximum absolute atomic E-state index is 11.9. The molecule has 3 heterocycles. The number of anilines is 1. The Kier molecular flexibility index (Phi) is 6.07. The highest BCUT2D eigenvalue weighted by molar-refractivity contribution is 6.37. The van der Waals surface area contributed by atoms with Crippen LogP contribution in [0.15, 0.2) is 12.5 Å². The maximum Gasteiger partial charge on any atom is 0.288 e. The summed E-state index contributed by atoms with van der Waals surface area (Å²) in [6.07, 6.45) is 1.24. The predicted molar refractivity (Wildman–Crippen MR) is 108 cm³/mol. The Morgan fingerprint density at radius 1 is 1.40 bits per heavy atom. The molecule has 1 fully saturated rings. The summed E-state index contributed by atoms with van der Waals surface area (Å²) in [5.41, 5.74) is 6.24. The number of aliphatic hydroxyl groups is 2. The molecule has 10 heteroatoms. The molecule has 2 aromatic heterocycles. The first-order valence-corrected chi connectivity index (χ1v) is 9.50. The zero-order valence-electron chi connectivity index (χ0n) is 17.0. The van der Waals surface area contributed by atoms with E-state index in [1.54, 1.807) is 31.5 Å². The van der Waals surface area contributed by atoms with Gasteiger partial charge in [-0.1, -0.05) is 32.6 Å². The summed E-state index contributed by atoms with van der Waals surface area (Å²) in [5, 5.41) is 22.4. The highest BCUT2D eigenvalue weighted by Crippen LogP contribution is 2.33. The Labute approximate surface area is 173 Å². The van der Waals surface area contributed by atoms with Gasteiger partial charge in [0, 0.05) is 18.0 Å². The summed E-state index contributed by atoms with van der Waals surface area (Å²) >= 11 is 0. The molecule has 160 valence electrons. The number of carbonyl (C=O) groups is 2. The number of hydrogen-bond acceptors (Lipinski definition) is 8. The zero-order valence-corrected chi connectivity index (χ0v) is 17.0. The van der Waals surface area contributed by atoms with E-state index in [0.29, 0.717) is 16.6 Å². The zero-order chi connectivity index (χ0) is 22.1. The van der Waals surface area contributed by atoms with Gasteiger partial charge in [0.05, 0.1) is 30.2 Å². The van der Waals surface area contributed by atoms with Crippen molar-refractivity contribution in [1.82, 2.24) is 19.9 Å². The van der Waals surface area contributed by atoms with Crippen LogP contribution in [0.25, 0.3) is 11.0 Å². The summed E-state index contributed by atoms with van der Waals surface area (Å²) in [6.45, 7) is 4.69. The summed E-state index contributed by atoms with van der Waals surface area (Å²) in [6, 6.07) is 0. The summed E-state index contributed by atoms with van der Waals surface area (Å²) in [4.78, 5) is 32.1. The molecule has 0 radical (unpaired) electrons. The molecule has 0 aromatic carbocycles. The normalized spacial score (nSPS) is 21.3. The average Bonchev–Trinajstić information content (AvgIpc) is 3.24. The quantitative estimate of drug-likeness (QED) is 0.393. The van der Waals surface area contributed by atoms with Gasteiger partial charge < -0.3 is 30.6 Å². The van der Waals surface area contributed by atoms with E-state index < -0.39 is 35.5 Å². The molecule has 1 aliphatic rings. The van der Waals surface area contributed by atoms with Gasteiger partial charge in [0.1, 0.15) is 30.1 Å². The molecule has 5 N–H and O–H groups in total. The third-order valence-electron chi connectivity index (χ3n) is 4.78. The van der Waals surface area contributed by atoms with E-state index in [1.807, 2.05) is 0 Å². The fourth-order valence-electron chi connectivity index (χ4n) is 3.16. The number of nitrogen functional groups attached to an aromatic ring is 1. The molecule has 1 aliphatic heterocycles. The Hall–Kier alpha value is -3.00. The largest absolute Gasteiger partial charge is 0.394 e. The molecule has 30 heavy (non-hydrogen) atoms. The van der Waals surface area contributed by atoms with Crippen LogP contribution in [-0.2, 0) is 14.3 Å². The monoisotopic (exact) mass is 415 g/mol. The van der Waals surface area contributed by atoms with Crippen molar-refractivity contribution in [3.8, 4) is 11.8 Å². The van der Waals surface area contributed by atoms with Gasteiger partial charge in [-0.05, 0) is 0 Å². The van der Waals surface area contributed by atoms with Gasteiger partial charge in [-0.25, -0.2) is 9.97 Å². The molecule has 3 rings (SSSR count). The predicted octanol–water partition coefficient (Wildman–Crippen LogP) is -0.263. The number of nitrogens with one attached hydrogen (secondary N) is 1. The first-order valence-electron chi connectivity index (χ1n) is 9.50. The number of ketones is 1. The lowest BCUT2D eigenvalue weighted by Crippen LogP contribution is -2.38. The van der Waals surface area contributed by atoms with Crippen molar-refractivity contribution in [2.45, 2.75) is 45.6 Å². The van der Waals surface area contributed by atoms with Crippen molar-refractivity contribution in [3.63, 3.8) is 0 Å². The van der Waals surface area contributed by atoms with Gasteiger partial charge in [0.25, 0.3) is 5.91 Å². The number of nitrogens with two attached hydrogens (primary N) is 1. The van der Waals surface area contributed by atoms with Crippen LogP contribution in [0.3, 0.4) is 0 Å². The van der Waals surface area contributed by atoms with Gasteiger partial charge in [-0.3, -0.25) is 9.59 Å². The van der Waals surface area contributed by atoms with E-state index >= 15 is 0 Å². The van der Waals surface area contributed by atoms with Crippen LogP contribution in [0, 0.1) is 17.3 Å². The number of hydrogen-bond donors (Lipinski definition) is 4. The smallest absolute Gasteiger partial charge is 0.288 e. The van der Waals surface area contributed by atoms with Crippen LogP contribution in [0.5, 0.6) is 0 Å². The second kappa shape index (κ2) is 8.39. The molecule has 1 amide bonds. The second-order valence-corrected chi connectivity index (χ2v) is 8.09. The number of ether oxygens (including phenoxy) is 1. The van der Waals surface area contributed by atoms with Gasteiger partial charge in [0.15, 0.2) is 0 Å². The molecular formula is C20H25N5O5. The Bertz CT molecular complexity index is 1030. The van der Waals surface area contributed by atoms with Crippen molar-refractivity contribution < 1.29 is 24.5 Å². The van der Waals surface area contributed by atoms with Gasteiger partial charge >= 0.3 is 0 Å². The number of aromatic nitrogens is 3. The van der Waals surface area contributed by atoms with Gasteiger partial charge in [0.2, 0.25) is 5.78 Å². The number of Topliss-reactive ketones (excluding diaryl/α,β-unsaturated/α-hetero) is 1. The van der Waals surface area contributed by atoms with Gasteiger partial charge in [-0.15, -0.1) is 0 Å². The Morgan fingerprint density at radius 2 is 2.13 bits per heavy atom. The molecule has 1 unspecified atom stereocenters. The number of rotatable bonds is 4. The maximum atomic E-state index is 11.9. The van der Waals surface area contributed by atoms with Crippen molar-refractivity contribution >= 4 is 28.5 Å². The summed E-state index contributed by atoms with van der Waals surface area (Å²) < 4.78 is 7.40. The number of nitrogens with zero attached hydrogens (tertiary/aromatic N) is 3. The number of fused-ring (bicyclic) bond motifs is 1. The topological polar surface area (TPSA) is 153 Å². The highest BCUT2D eigenvalue weighted by atomic mass is 16.5. The van der Waals surface area contributed by atoms with E-state index in [1.165, 1.54) is 6.33 Å². The standard InChI is InChI=1S/C20H25N5O5/c1-20(2,3)16(28)19(29)22-6-4-5-11-8-25(14-7-12(27)13(9-26)30-14)18-15(11)17(21)23-10-24-18/h8,10,12-14,26-27H,6-7,9H2,1-3H3,(H,22,29)(H2,21,23,24)/t12?,13-,14-/m1/s1. The molecule has 0 saturated carbocycles. The van der Waals surface area contributed by atoms with E-state index in [0.717, 1.165) is 0 Å². The van der Waals surface area contributed by atoms with E-state index in [9.17, 15) is 19.8 Å². The summed E-state index contributed by atoms with van der Waals surface area (Å²) in [5.74, 6) is 4.74. The first kappa shape index (κ1) is 21.7. The second-order valence-electron chi connectivity index (χ2n) is 8.09. The molecule has 0 bridgehead atoms. The summed E-state index contributed by atoms with van der Waals surface area (Å²) in [7, 11) is 0. The lowest BCUT2D eigenvalue weighted by Gasteiger charge is -2.14. The van der Waals surface area contributed by atoms with E-state index in [2.05, 4.69) is 27.1 Å². The average molecular weight is 415 g/mol. The highest BCUT2D eigenvalue weighted by Gasteiger charge is 2.35. The Morgan fingerprint density at radius 3 is 2.77 bits per heavy atom. The van der Waals surface area contributed by atoms with Crippen LogP contribution in [-0.4, -0.2) is 61.8 Å². The van der Waals surface area contributed by atoms with E-state index in [-0.39, 0.29) is 25.4 Å². The van der Waals surface area contributed by atoms with Crippen LogP contribution in [0.1, 0.15) is 39.0 Å². The molecular weight excluding hydrogens is 390 g/mol. The Balaban J connectivity index is 1.83. The van der Waals surface area contributed by atoms with Crippen LogP contribution in [0.4, 0.5) is 5.82 Å². The van der Waals surface area contributed by atoms with Crippen LogP contribution >= 0.6 is 0 Å².